The molecule has 0 saturated carbocycles. The van der Waals surface area contributed by atoms with E-state index in [1.807, 2.05) is 37.3 Å². The van der Waals surface area contributed by atoms with Gasteiger partial charge in [0, 0.05) is 23.4 Å². The first kappa shape index (κ1) is 18.4. The Morgan fingerprint density at radius 1 is 1.14 bits per heavy atom. The van der Waals surface area contributed by atoms with E-state index in [4.69, 9.17) is 4.98 Å². The third-order valence-electron chi connectivity index (χ3n) is 4.57. The van der Waals surface area contributed by atoms with Crippen LogP contribution >= 0.6 is 15.9 Å². The third kappa shape index (κ3) is 3.82. The summed E-state index contributed by atoms with van der Waals surface area (Å²) in [5, 5.41) is 3.04. The van der Waals surface area contributed by atoms with Crippen LogP contribution in [0, 0.1) is 0 Å². The maximum atomic E-state index is 12.6. The van der Waals surface area contributed by atoms with Gasteiger partial charge in [-0.25, -0.2) is 4.98 Å². The first-order valence-electron chi connectivity index (χ1n) is 9.02. The topological polar surface area (TPSA) is 59.8 Å². The number of hydrogen-bond donors (Lipinski definition) is 1. The minimum Gasteiger partial charge on any atom is -0.342 e. The number of hydrogen-bond acceptors (Lipinski definition) is 3. The van der Waals surface area contributed by atoms with Crippen molar-refractivity contribution in [1.82, 2.24) is 19.9 Å². The fraction of sp³-hybridized carbons (Fsp3) is 0.136. The number of aromatic nitrogens is 3. The highest BCUT2D eigenvalue weighted by atomic mass is 79.9. The molecule has 0 aliphatic rings. The highest BCUT2D eigenvalue weighted by molar-refractivity contribution is 9.10. The zero-order valence-electron chi connectivity index (χ0n) is 15.3. The molecule has 5 nitrogen and oxygen atoms in total. The number of nitrogens with one attached hydrogen (secondary N) is 1. The van der Waals surface area contributed by atoms with Gasteiger partial charge < -0.3 is 9.88 Å². The molecule has 2 aromatic heterocycles. The van der Waals surface area contributed by atoms with Crippen LogP contribution in [0.2, 0.25) is 0 Å². The Balaban J connectivity index is 1.68. The predicted octanol–water partition coefficient (Wildman–Crippen LogP) is 4.73. The maximum absolute atomic E-state index is 12.6. The van der Waals surface area contributed by atoms with Crippen molar-refractivity contribution >= 4 is 32.9 Å². The largest absolute Gasteiger partial charge is 0.342 e. The van der Waals surface area contributed by atoms with Crippen molar-refractivity contribution in [3.63, 3.8) is 0 Å². The summed E-state index contributed by atoms with van der Waals surface area (Å²) in [7, 11) is 0. The van der Waals surface area contributed by atoms with Gasteiger partial charge in [0.15, 0.2) is 0 Å². The molecule has 4 rings (SSSR count). The van der Waals surface area contributed by atoms with Crippen molar-refractivity contribution in [1.29, 1.82) is 0 Å². The molecule has 28 heavy (non-hydrogen) atoms. The third-order valence-corrected chi connectivity index (χ3v) is 5.07. The van der Waals surface area contributed by atoms with Crippen LogP contribution in [0.5, 0.6) is 0 Å². The van der Waals surface area contributed by atoms with Crippen LogP contribution in [-0.2, 0) is 6.54 Å². The molecule has 2 aromatic carbocycles. The summed E-state index contributed by atoms with van der Waals surface area (Å²) in [4.78, 5) is 21.4. The number of fused-ring (bicyclic) bond motifs is 1. The van der Waals surface area contributed by atoms with E-state index in [-0.39, 0.29) is 11.9 Å². The van der Waals surface area contributed by atoms with Crippen molar-refractivity contribution in [3.05, 3.63) is 94.5 Å². The number of carbonyl (C=O) groups is 1. The molecule has 1 unspecified atom stereocenters. The summed E-state index contributed by atoms with van der Waals surface area (Å²) >= 11 is 3.53. The molecule has 140 valence electrons. The highest BCUT2D eigenvalue weighted by Crippen LogP contribution is 2.23. The number of imidazole rings is 1. The smallest absolute Gasteiger partial charge is 0.253 e. The summed E-state index contributed by atoms with van der Waals surface area (Å²) in [5.74, 6) is 0.653. The summed E-state index contributed by atoms with van der Waals surface area (Å²) in [5.41, 5.74) is 3.64. The lowest BCUT2D eigenvalue weighted by Gasteiger charge is -2.16. The van der Waals surface area contributed by atoms with Gasteiger partial charge in [-0.3, -0.25) is 9.78 Å². The van der Waals surface area contributed by atoms with Crippen LogP contribution in [0.3, 0.4) is 0 Å². The molecular formula is C22H19BrN4O. The average Bonchev–Trinajstić information content (AvgIpc) is 3.07. The molecule has 6 heteroatoms. The maximum Gasteiger partial charge on any atom is 0.253 e. The molecule has 0 aliphatic carbocycles. The van der Waals surface area contributed by atoms with Crippen LogP contribution in [-0.4, -0.2) is 20.4 Å². The molecule has 1 amide bonds. The molecule has 2 heterocycles. The molecule has 0 radical (unpaired) electrons. The molecule has 0 bridgehead atoms. The first-order valence-corrected chi connectivity index (χ1v) is 9.81. The van der Waals surface area contributed by atoms with E-state index in [2.05, 4.69) is 49.0 Å². The van der Waals surface area contributed by atoms with Crippen LogP contribution in [0.1, 0.15) is 34.7 Å². The van der Waals surface area contributed by atoms with Crippen LogP contribution in [0.4, 0.5) is 0 Å². The van der Waals surface area contributed by atoms with Gasteiger partial charge in [-0.15, -0.1) is 0 Å². The number of rotatable bonds is 5. The van der Waals surface area contributed by atoms with Gasteiger partial charge in [0.25, 0.3) is 5.91 Å². The second kappa shape index (κ2) is 7.94. The normalized spacial score (nSPS) is 12.1. The molecule has 4 aromatic rings. The van der Waals surface area contributed by atoms with E-state index in [1.165, 1.54) is 0 Å². The van der Waals surface area contributed by atoms with Crippen LogP contribution in [0.15, 0.2) is 77.5 Å². The Bertz CT molecular complexity index is 1120. The van der Waals surface area contributed by atoms with Gasteiger partial charge in [-0.2, -0.15) is 0 Å². The molecule has 1 N–H and O–H groups in total. The average molecular weight is 435 g/mol. The van der Waals surface area contributed by atoms with Gasteiger partial charge in [0.2, 0.25) is 0 Å². The van der Waals surface area contributed by atoms with Gasteiger partial charge in [-0.05, 0) is 48.9 Å². The van der Waals surface area contributed by atoms with Crippen molar-refractivity contribution in [2.75, 3.05) is 0 Å². The number of benzene rings is 2. The number of carbonyl (C=O) groups excluding carboxylic acids is 1. The number of nitrogens with zero attached hydrogens (tertiary/aromatic N) is 3. The Labute approximate surface area is 171 Å². The van der Waals surface area contributed by atoms with Crippen molar-refractivity contribution in [2.45, 2.75) is 19.5 Å². The van der Waals surface area contributed by atoms with E-state index < -0.39 is 0 Å². The van der Waals surface area contributed by atoms with Gasteiger partial charge >= 0.3 is 0 Å². The molecule has 0 aliphatic heterocycles. The fourth-order valence-corrected chi connectivity index (χ4v) is 3.70. The number of amides is 1. The summed E-state index contributed by atoms with van der Waals surface area (Å²) in [6.45, 7) is 2.62. The van der Waals surface area contributed by atoms with Gasteiger partial charge in [0.1, 0.15) is 5.82 Å². The number of halogens is 1. The summed E-state index contributed by atoms with van der Waals surface area (Å²) in [6, 6.07) is 19.5. The first-order chi connectivity index (χ1) is 13.6. The van der Waals surface area contributed by atoms with Crippen LogP contribution in [0.25, 0.3) is 11.0 Å². The van der Waals surface area contributed by atoms with Crippen molar-refractivity contribution < 1.29 is 4.79 Å². The molecule has 0 saturated heterocycles. The van der Waals surface area contributed by atoms with Crippen molar-refractivity contribution in [3.8, 4) is 0 Å². The summed E-state index contributed by atoms with van der Waals surface area (Å²) in [6.07, 6.45) is 3.21. The van der Waals surface area contributed by atoms with Gasteiger partial charge in [-0.1, -0.05) is 40.2 Å². The SMILES string of the molecule is CC(NC(=O)c1cccnc1)c1nc2ccccc2n1Cc1cccc(Br)c1. The van der Waals surface area contributed by atoms with Crippen molar-refractivity contribution in [2.24, 2.45) is 0 Å². The Hall–Kier alpha value is -2.99. The lowest BCUT2D eigenvalue weighted by atomic mass is 10.2. The Kier molecular flexibility index (Phi) is 5.21. The summed E-state index contributed by atoms with van der Waals surface area (Å²) < 4.78 is 3.19. The second-order valence-corrected chi connectivity index (χ2v) is 7.53. The van der Waals surface area contributed by atoms with E-state index in [1.54, 1.807) is 24.5 Å². The molecule has 0 spiro atoms. The van der Waals surface area contributed by atoms with E-state index in [0.29, 0.717) is 12.1 Å². The number of pyridine rings is 1. The van der Waals surface area contributed by atoms with E-state index in [0.717, 1.165) is 26.9 Å². The fourth-order valence-electron chi connectivity index (χ4n) is 3.25. The Morgan fingerprint density at radius 3 is 2.79 bits per heavy atom. The highest BCUT2D eigenvalue weighted by Gasteiger charge is 2.19. The zero-order valence-corrected chi connectivity index (χ0v) is 16.9. The Morgan fingerprint density at radius 2 is 2.00 bits per heavy atom. The quantitative estimate of drug-likeness (QED) is 0.493. The minimum atomic E-state index is -0.257. The monoisotopic (exact) mass is 434 g/mol. The van der Waals surface area contributed by atoms with Gasteiger partial charge in [0.05, 0.1) is 22.6 Å². The van der Waals surface area contributed by atoms with Crippen LogP contribution < -0.4 is 5.32 Å². The number of para-hydroxylation sites is 2. The lowest BCUT2D eigenvalue weighted by Crippen LogP contribution is -2.29. The molecule has 1 atom stereocenters. The minimum absolute atomic E-state index is 0.165. The second-order valence-electron chi connectivity index (χ2n) is 6.61. The predicted molar refractivity (Wildman–Crippen MR) is 113 cm³/mol. The van der Waals surface area contributed by atoms with E-state index in [9.17, 15) is 4.79 Å². The molecular weight excluding hydrogens is 416 g/mol. The standard InChI is InChI=1S/C22H19BrN4O/c1-15(25-22(28)17-7-5-11-24-13-17)21-26-19-9-2-3-10-20(19)27(21)14-16-6-4-8-18(23)12-16/h2-13,15H,14H2,1H3,(H,25,28). The lowest BCUT2D eigenvalue weighted by molar-refractivity contribution is 0.0937. The molecule has 0 fully saturated rings. The van der Waals surface area contributed by atoms with E-state index >= 15 is 0 Å². The zero-order chi connectivity index (χ0) is 19.5.